The van der Waals surface area contributed by atoms with E-state index < -0.39 is 18.2 Å². The van der Waals surface area contributed by atoms with Gasteiger partial charge in [-0.25, -0.2) is 0 Å². The molecule has 2 N–H and O–H groups in total. The van der Waals surface area contributed by atoms with Crippen LogP contribution in [0.25, 0.3) is 0 Å². The number of carbonyl (C=O) groups is 3. The summed E-state index contributed by atoms with van der Waals surface area (Å²) in [5.74, 6) is 0.375. The number of aliphatic hydroxyl groups is 2. The first kappa shape index (κ1) is 36.9. The van der Waals surface area contributed by atoms with Crippen molar-refractivity contribution >= 4 is 17.7 Å². The van der Waals surface area contributed by atoms with Crippen LogP contribution >= 0.6 is 0 Å². The van der Waals surface area contributed by atoms with Crippen LogP contribution in [0.5, 0.6) is 0 Å². The molecule has 2 saturated carbocycles. The fourth-order valence-corrected chi connectivity index (χ4v) is 7.11. The van der Waals surface area contributed by atoms with Crippen LogP contribution < -0.4 is 0 Å². The van der Waals surface area contributed by atoms with Gasteiger partial charge in [0.15, 0.2) is 0 Å². The van der Waals surface area contributed by atoms with E-state index in [4.69, 9.17) is 0 Å². The van der Waals surface area contributed by atoms with Crippen LogP contribution in [0.3, 0.4) is 0 Å². The first-order chi connectivity index (χ1) is 21.5. The Hall–Kier alpha value is -2.52. The van der Waals surface area contributed by atoms with Gasteiger partial charge in [-0.15, -0.1) is 0 Å². The van der Waals surface area contributed by atoms with Gasteiger partial charge in [-0.1, -0.05) is 77.7 Å². The Morgan fingerprint density at radius 1 is 0.867 bits per heavy atom. The van der Waals surface area contributed by atoms with Crippen LogP contribution in [-0.4, -0.2) is 93.1 Å². The van der Waals surface area contributed by atoms with Crippen LogP contribution in [0.1, 0.15) is 116 Å². The van der Waals surface area contributed by atoms with Gasteiger partial charge in [0, 0.05) is 52.4 Å². The summed E-state index contributed by atoms with van der Waals surface area (Å²) in [6.45, 7) is 4.82. The lowest BCUT2D eigenvalue weighted by Crippen LogP contribution is -2.52. The predicted molar refractivity (Wildman–Crippen MR) is 177 cm³/mol. The summed E-state index contributed by atoms with van der Waals surface area (Å²) in [5.41, 5.74) is 0.836. The number of carbonyl (C=O) groups excluding carboxylic acids is 3. The summed E-state index contributed by atoms with van der Waals surface area (Å²) < 4.78 is 0. The van der Waals surface area contributed by atoms with Crippen LogP contribution in [0.4, 0.5) is 0 Å². The van der Waals surface area contributed by atoms with Crippen LogP contribution in [-0.2, 0) is 20.9 Å². The number of hydrogen-bond acceptors (Lipinski definition) is 6. The Kier molecular flexibility index (Phi) is 15.8. The fourth-order valence-electron chi connectivity index (χ4n) is 7.11. The third kappa shape index (κ3) is 12.7. The van der Waals surface area contributed by atoms with E-state index in [1.807, 2.05) is 26.0 Å². The molecule has 2 aliphatic carbocycles. The molecule has 0 aliphatic heterocycles. The molecule has 0 aromatic carbocycles. The lowest BCUT2D eigenvalue weighted by Gasteiger charge is -2.40. The SMILES string of the molecule is CC(C)C[C@H](O)[C@H](O)[C@H](CC1CCCCC1)N(Cc1cccnc1)C(=O)CCC(=O)N(CC(=O)N(C)C)CC1CCCCCC1. The lowest BCUT2D eigenvalue weighted by molar-refractivity contribution is -0.145. The van der Waals surface area contributed by atoms with E-state index in [9.17, 15) is 24.6 Å². The Morgan fingerprint density at radius 2 is 1.47 bits per heavy atom. The normalized spacial score (nSPS) is 18.6. The molecule has 0 radical (unpaired) electrons. The summed E-state index contributed by atoms with van der Waals surface area (Å²) in [4.78, 5) is 49.7. The van der Waals surface area contributed by atoms with Crippen molar-refractivity contribution in [1.29, 1.82) is 0 Å². The molecular formula is C36H60N4O5. The van der Waals surface area contributed by atoms with Crippen molar-refractivity contribution in [2.75, 3.05) is 27.2 Å². The summed E-state index contributed by atoms with van der Waals surface area (Å²) >= 11 is 0. The number of hydrogen-bond donors (Lipinski definition) is 2. The van der Waals surface area contributed by atoms with Crippen molar-refractivity contribution in [2.45, 2.75) is 135 Å². The molecule has 3 rings (SSSR count). The Morgan fingerprint density at radius 3 is 2.04 bits per heavy atom. The molecule has 2 aliphatic rings. The highest BCUT2D eigenvalue weighted by Crippen LogP contribution is 2.32. The number of aliphatic hydroxyl groups excluding tert-OH is 2. The Bertz CT molecular complexity index is 1020. The smallest absolute Gasteiger partial charge is 0.241 e. The van der Waals surface area contributed by atoms with Crippen LogP contribution in [0, 0.1) is 17.8 Å². The van der Waals surface area contributed by atoms with Crippen molar-refractivity contribution in [3.63, 3.8) is 0 Å². The van der Waals surface area contributed by atoms with E-state index in [-0.39, 0.29) is 49.6 Å². The average molecular weight is 629 g/mol. The molecule has 1 aromatic rings. The molecule has 45 heavy (non-hydrogen) atoms. The number of nitrogens with zero attached hydrogens (tertiary/aromatic N) is 4. The first-order valence-corrected chi connectivity index (χ1v) is 17.6. The molecule has 1 heterocycles. The standard InChI is InChI=1S/C36H60N4O5/c1-27(2)21-32(41)36(45)31(22-28-13-10-7-11-14-28)40(25-30-17-12-20-37-23-30)34(43)19-18-33(42)39(26-35(44)38(3)4)24-29-15-8-5-6-9-16-29/h12,17,20,23,27-29,31-32,36,41,45H,5-11,13-16,18-19,21-22,24-26H2,1-4H3/t31-,32-,36+/m0/s1. The van der Waals surface area contributed by atoms with Crippen molar-refractivity contribution in [1.82, 2.24) is 19.7 Å². The minimum absolute atomic E-state index is 0.00338. The molecule has 0 spiro atoms. The first-order valence-electron chi connectivity index (χ1n) is 17.6. The van der Waals surface area contributed by atoms with E-state index in [0.29, 0.717) is 31.2 Å². The van der Waals surface area contributed by atoms with Crippen LogP contribution in [0.2, 0.25) is 0 Å². The van der Waals surface area contributed by atoms with Gasteiger partial charge in [0.25, 0.3) is 0 Å². The molecule has 9 heteroatoms. The molecule has 3 atom stereocenters. The molecule has 0 saturated heterocycles. The molecule has 254 valence electrons. The van der Waals surface area contributed by atoms with Gasteiger partial charge in [0.2, 0.25) is 17.7 Å². The third-order valence-electron chi connectivity index (χ3n) is 9.78. The molecule has 9 nitrogen and oxygen atoms in total. The molecule has 0 bridgehead atoms. The summed E-state index contributed by atoms with van der Waals surface area (Å²) in [6.07, 6.45) is 14.7. The molecule has 3 amide bonds. The van der Waals surface area contributed by atoms with Crippen LogP contribution in [0.15, 0.2) is 24.5 Å². The van der Waals surface area contributed by atoms with Crippen molar-refractivity contribution < 1.29 is 24.6 Å². The Balaban J connectivity index is 1.82. The summed E-state index contributed by atoms with van der Waals surface area (Å²) in [6, 6.07) is 3.16. The van der Waals surface area contributed by atoms with Crippen molar-refractivity contribution in [3.05, 3.63) is 30.1 Å². The summed E-state index contributed by atoms with van der Waals surface area (Å²) in [7, 11) is 3.39. The van der Waals surface area contributed by atoms with Crippen molar-refractivity contribution in [2.24, 2.45) is 17.8 Å². The van der Waals surface area contributed by atoms with Gasteiger partial charge < -0.3 is 24.9 Å². The molecule has 2 fully saturated rings. The van der Waals surface area contributed by atoms with Gasteiger partial charge in [-0.3, -0.25) is 19.4 Å². The zero-order valence-corrected chi connectivity index (χ0v) is 28.4. The molecular weight excluding hydrogens is 568 g/mol. The number of likely N-dealkylation sites (N-methyl/N-ethyl adjacent to an activating group) is 1. The van der Waals surface area contributed by atoms with E-state index in [2.05, 4.69) is 4.98 Å². The maximum Gasteiger partial charge on any atom is 0.241 e. The predicted octanol–water partition coefficient (Wildman–Crippen LogP) is 5.18. The van der Waals surface area contributed by atoms with E-state index in [1.165, 1.54) is 24.2 Å². The number of rotatable bonds is 16. The van der Waals surface area contributed by atoms with Gasteiger partial charge in [-0.2, -0.15) is 0 Å². The second-order valence-corrected chi connectivity index (χ2v) is 14.3. The third-order valence-corrected chi connectivity index (χ3v) is 9.78. The highest BCUT2D eigenvalue weighted by Gasteiger charge is 2.36. The second kappa shape index (κ2) is 19.2. The monoisotopic (exact) mass is 628 g/mol. The zero-order chi connectivity index (χ0) is 32.8. The number of amides is 3. The van der Waals surface area contributed by atoms with Gasteiger partial charge in [0.05, 0.1) is 18.7 Å². The fraction of sp³-hybridized carbons (Fsp3) is 0.778. The second-order valence-electron chi connectivity index (χ2n) is 14.3. The highest BCUT2D eigenvalue weighted by molar-refractivity contribution is 5.87. The largest absolute Gasteiger partial charge is 0.390 e. The lowest BCUT2D eigenvalue weighted by atomic mass is 9.81. The van der Waals surface area contributed by atoms with Gasteiger partial charge in [-0.05, 0) is 55.1 Å². The molecule has 1 aromatic heterocycles. The van der Waals surface area contributed by atoms with E-state index >= 15 is 0 Å². The van der Waals surface area contributed by atoms with E-state index in [1.54, 1.807) is 36.3 Å². The number of aromatic nitrogens is 1. The highest BCUT2D eigenvalue weighted by atomic mass is 16.3. The number of pyridine rings is 1. The summed E-state index contributed by atoms with van der Waals surface area (Å²) in [5, 5.41) is 22.7. The van der Waals surface area contributed by atoms with Crippen molar-refractivity contribution in [3.8, 4) is 0 Å². The Labute approximate surface area is 271 Å². The minimum atomic E-state index is -1.10. The maximum absolute atomic E-state index is 14.1. The maximum atomic E-state index is 14.1. The minimum Gasteiger partial charge on any atom is -0.390 e. The topological polar surface area (TPSA) is 114 Å². The molecule has 0 unspecified atom stereocenters. The quantitative estimate of drug-likeness (QED) is 0.244. The van der Waals surface area contributed by atoms with Gasteiger partial charge >= 0.3 is 0 Å². The zero-order valence-electron chi connectivity index (χ0n) is 28.4. The average Bonchev–Trinajstić information content (AvgIpc) is 3.30. The van der Waals surface area contributed by atoms with E-state index in [0.717, 1.165) is 56.9 Å². The van der Waals surface area contributed by atoms with Gasteiger partial charge in [0.1, 0.15) is 6.10 Å².